The van der Waals surface area contributed by atoms with Crippen molar-refractivity contribution in [1.29, 1.82) is 0 Å². The minimum Gasteiger partial charge on any atom is -0.423 e. The Labute approximate surface area is 214 Å². The fraction of sp³-hybridized carbons (Fsp3) is 0.545. The van der Waals surface area contributed by atoms with Crippen molar-refractivity contribution in [1.82, 2.24) is 24.4 Å². The van der Waals surface area contributed by atoms with E-state index in [1.165, 1.54) is 21.8 Å². The minimum atomic E-state index is -5.49. The topological polar surface area (TPSA) is 97.9 Å². The molecule has 0 bridgehead atoms. The van der Waals surface area contributed by atoms with Crippen LogP contribution in [0.25, 0.3) is 15.7 Å². The van der Waals surface area contributed by atoms with Crippen molar-refractivity contribution in [2.75, 3.05) is 19.6 Å². The van der Waals surface area contributed by atoms with E-state index in [1.54, 1.807) is 25.3 Å². The molecule has 0 radical (unpaired) electrons. The molecule has 1 N–H and O–H groups in total. The number of ether oxygens (including phenoxy) is 1. The fourth-order valence-corrected chi connectivity index (χ4v) is 5.29. The number of hydrogen-bond acceptors (Lipinski definition) is 7. The largest absolute Gasteiger partial charge is 0.491 e. The number of fused-ring (bicyclic) bond motifs is 3. The van der Waals surface area contributed by atoms with Crippen LogP contribution in [-0.4, -0.2) is 69.0 Å². The molecule has 208 valence electrons. The molecule has 4 rings (SSSR count). The van der Waals surface area contributed by atoms with Crippen molar-refractivity contribution < 1.29 is 40.7 Å². The molecule has 3 aromatic heterocycles. The third kappa shape index (κ3) is 5.80. The van der Waals surface area contributed by atoms with E-state index >= 15 is 0 Å². The number of nitrogens with one attached hydrogen (secondary N) is 1. The molecule has 3 aromatic rings. The van der Waals surface area contributed by atoms with E-state index in [-0.39, 0.29) is 43.2 Å². The Bertz CT molecular complexity index is 1410. The summed E-state index contributed by atoms with van der Waals surface area (Å²) in [4.78, 5) is 39.9. The van der Waals surface area contributed by atoms with Gasteiger partial charge in [-0.1, -0.05) is 13.8 Å². The Morgan fingerprint density at radius 3 is 2.58 bits per heavy atom. The highest BCUT2D eigenvalue weighted by Crippen LogP contribution is 2.28. The van der Waals surface area contributed by atoms with Crippen LogP contribution in [0, 0.1) is 0 Å². The van der Waals surface area contributed by atoms with Crippen molar-refractivity contribution in [3.8, 4) is 0 Å². The molecule has 1 aliphatic rings. The Morgan fingerprint density at radius 2 is 1.95 bits per heavy atom. The molecular formula is C22H23F6N5O4S. The first-order valence-corrected chi connectivity index (χ1v) is 12.4. The predicted octanol–water partition coefficient (Wildman–Crippen LogP) is 3.58. The maximum Gasteiger partial charge on any atom is 0.491 e. The molecule has 1 aliphatic heterocycles. The van der Waals surface area contributed by atoms with E-state index in [9.17, 15) is 40.7 Å². The van der Waals surface area contributed by atoms with E-state index in [4.69, 9.17) is 0 Å². The van der Waals surface area contributed by atoms with Crippen LogP contribution < -0.4 is 10.9 Å². The molecule has 0 spiro atoms. The number of nitrogens with zero attached hydrogens (tertiary/aromatic N) is 4. The number of hydrogen-bond donors (Lipinski definition) is 1. The lowest BCUT2D eigenvalue weighted by molar-refractivity contribution is -0.210. The quantitative estimate of drug-likeness (QED) is 0.361. The van der Waals surface area contributed by atoms with E-state index < -0.39 is 48.6 Å². The zero-order valence-electron chi connectivity index (χ0n) is 20.1. The molecule has 2 unspecified atom stereocenters. The predicted molar refractivity (Wildman–Crippen MR) is 124 cm³/mol. The summed E-state index contributed by atoms with van der Waals surface area (Å²) in [6.45, 7) is 2.07. The number of piperidine rings is 1. The van der Waals surface area contributed by atoms with Gasteiger partial charge in [-0.15, -0.1) is 11.3 Å². The van der Waals surface area contributed by atoms with Gasteiger partial charge < -0.3 is 10.1 Å². The van der Waals surface area contributed by atoms with Crippen molar-refractivity contribution in [3.63, 3.8) is 0 Å². The number of likely N-dealkylation sites (tertiary alicyclic amines) is 1. The second-order valence-electron chi connectivity index (χ2n) is 9.26. The average molecular weight is 568 g/mol. The van der Waals surface area contributed by atoms with Crippen LogP contribution in [-0.2, 0) is 14.3 Å². The lowest BCUT2D eigenvalue weighted by atomic mass is 10.1. The molecule has 1 saturated heterocycles. The highest BCUT2D eigenvalue weighted by atomic mass is 32.1. The SMILES string of the molecule is CC(C)c1nn(C(OC(=O)C(F)(F)F)C(=O)NC2CCCN(CC(F)(F)F)C2)c(=O)c2cc3ccsc3n12. The van der Waals surface area contributed by atoms with E-state index in [2.05, 4.69) is 15.2 Å². The van der Waals surface area contributed by atoms with Gasteiger partial charge in [-0.3, -0.25) is 18.9 Å². The number of esters is 1. The minimum absolute atomic E-state index is 0.000395. The number of alkyl halides is 6. The smallest absolute Gasteiger partial charge is 0.423 e. The maximum absolute atomic E-state index is 13.3. The Kier molecular flexibility index (Phi) is 7.49. The van der Waals surface area contributed by atoms with Crippen molar-refractivity contribution in [2.45, 2.75) is 57.2 Å². The molecule has 0 aliphatic carbocycles. The number of amides is 1. The zero-order chi connectivity index (χ0) is 28.0. The second kappa shape index (κ2) is 10.2. The average Bonchev–Trinajstić information content (AvgIpc) is 3.38. The molecule has 0 saturated carbocycles. The summed E-state index contributed by atoms with van der Waals surface area (Å²) in [5.41, 5.74) is -0.990. The van der Waals surface area contributed by atoms with Crippen LogP contribution in [0.3, 0.4) is 0 Å². The molecule has 9 nitrogen and oxygen atoms in total. The summed E-state index contributed by atoms with van der Waals surface area (Å²) in [6.07, 6.45) is -11.9. The number of carbonyl (C=O) groups is 2. The molecule has 4 heterocycles. The fourth-order valence-electron chi connectivity index (χ4n) is 4.39. The van der Waals surface area contributed by atoms with Gasteiger partial charge in [0.1, 0.15) is 16.2 Å². The van der Waals surface area contributed by atoms with Gasteiger partial charge in [-0.05, 0) is 36.9 Å². The number of rotatable bonds is 6. The van der Waals surface area contributed by atoms with Crippen molar-refractivity contribution in [2.24, 2.45) is 0 Å². The van der Waals surface area contributed by atoms with Crippen LogP contribution in [0.2, 0.25) is 0 Å². The molecule has 16 heteroatoms. The third-order valence-corrected chi connectivity index (χ3v) is 6.86. The molecule has 1 fully saturated rings. The summed E-state index contributed by atoms with van der Waals surface area (Å²) in [5, 5.41) is 8.90. The van der Waals surface area contributed by atoms with Gasteiger partial charge in [-0.2, -0.15) is 36.1 Å². The first-order chi connectivity index (χ1) is 17.7. The van der Waals surface area contributed by atoms with Gasteiger partial charge >= 0.3 is 18.3 Å². The highest BCUT2D eigenvalue weighted by Gasteiger charge is 2.45. The van der Waals surface area contributed by atoms with Crippen molar-refractivity contribution >= 4 is 38.9 Å². The Morgan fingerprint density at radius 1 is 1.24 bits per heavy atom. The van der Waals surface area contributed by atoms with Crippen LogP contribution in [0.1, 0.15) is 44.7 Å². The molecule has 0 aromatic carbocycles. The summed E-state index contributed by atoms with van der Waals surface area (Å²) in [6, 6.07) is 2.31. The summed E-state index contributed by atoms with van der Waals surface area (Å²) < 4.78 is 84.1. The maximum atomic E-state index is 13.3. The summed E-state index contributed by atoms with van der Waals surface area (Å²) in [5.74, 6) is -4.20. The summed E-state index contributed by atoms with van der Waals surface area (Å²) >= 11 is 1.30. The first kappa shape index (κ1) is 27.9. The van der Waals surface area contributed by atoms with Crippen LogP contribution >= 0.6 is 11.3 Å². The van der Waals surface area contributed by atoms with E-state index in [0.29, 0.717) is 14.9 Å². The number of halogens is 6. The van der Waals surface area contributed by atoms with Crippen LogP contribution in [0.5, 0.6) is 0 Å². The number of aromatic nitrogens is 3. The Hall–Kier alpha value is -3.14. The molecular weight excluding hydrogens is 544 g/mol. The first-order valence-electron chi connectivity index (χ1n) is 11.5. The lowest BCUT2D eigenvalue weighted by Gasteiger charge is -2.34. The second-order valence-corrected chi connectivity index (χ2v) is 10.2. The molecule has 38 heavy (non-hydrogen) atoms. The van der Waals surface area contributed by atoms with Crippen LogP contribution in [0.4, 0.5) is 26.3 Å². The van der Waals surface area contributed by atoms with Crippen LogP contribution in [0.15, 0.2) is 22.3 Å². The highest BCUT2D eigenvalue weighted by molar-refractivity contribution is 7.16. The Balaban J connectivity index is 1.73. The normalized spacial score (nSPS) is 18.3. The number of carbonyl (C=O) groups excluding carboxylic acids is 2. The lowest BCUT2D eigenvalue weighted by Crippen LogP contribution is -2.52. The van der Waals surface area contributed by atoms with Gasteiger partial charge in [0.25, 0.3) is 17.7 Å². The molecule has 1 amide bonds. The van der Waals surface area contributed by atoms with Gasteiger partial charge in [0.2, 0.25) is 0 Å². The van der Waals surface area contributed by atoms with Gasteiger partial charge in [0.05, 0.1) is 6.54 Å². The van der Waals surface area contributed by atoms with Gasteiger partial charge in [-0.25, -0.2) is 4.79 Å². The van der Waals surface area contributed by atoms with Gasteiger partial charge in [0, 0.05) is 23.9 Å². The van der Waals surface area contributed by atoms with Gasteiger partial charge in [0.15, 0.2) is 0 Å². The monoisotopic (exact) mass is 567 g/mol. The third-order valence-electron chi connectivity index (χ3n) is 5.94. The van der Waals surface area contributed by atoms with E-state index in [1.807, 2.05) is 0 Å². The zero-order valence-corrected chi connectivity index (χ0v) is 20.9. The number of thiophene rings is 1. The standard InChI is InChI=1S/C22H23F6N5O4S/c1-11(2)15-30-33(17(35)14-8-12-5-7-38-19(12)32(14)15)18(37-20(36)22(26,27)28)16(34)29-13-4-3-6-31(9-13)10-21(23,24)25/h5,7-8,11,13,18H,3-4,6,9-10H2,1-2H3,(H,29,34). The van der Waals surface area contributed by atoms with E-state index in [0.717, 1.165) is 4.90 Å². The van der Waals surface area contributed by atoms with Crippen molar-refractivity contribution in [3.05, 3.63) is 33.7 Å². The summed E-state index contributed by atoms with van der Waals surface area (Å²) in [7, 11) is 0. The molecule has 2 atom stereocenters.